The van der Waals surface area contributed by atoms with E-state index in [9.17, 15) is 13.2 Å². The largest absolute Gasteiger partial charge is 0.285 e. The van der Waals surface area contributed by atoms with E-state index < -0.39 is 21.3 Å². The van der Waals surface area contributed by atoms with E-state index in [1.165, 1.54) is 18.3 Å². The SMILES string of the molecule is CC(C)(C#N)CCN1C(=O)c2cccnc2S1(=O)=O. The van der Waals surface area contributed by atoms with Crippen molar-refractivity contribution >= 4 is 15.9 Å². The molecule has 0 unspecified atom stereocenters. The summed E-state index contributed by atoms with van der Waals surface area (Å²) in [6.07, 6.45) is 1.62. The number of hydrogen-bond acceptors (Lipinski definition) is 5. The summed E-state index contributed by atoms with van der Waals surface area (Å²) in [5.74, 6) is -0.572. The first kappa shape index (κ1) is 13.5. The zero-order valence-electron chi connectivity index (χ0n) is 10.6. The third kappa shape index (κ3) is 2.19. The number of carbonyl (C=O) groups is 1. The van der Waals surface area contributed by atoms with Crippen LogP contribution in [0.25, 0.3) is 0 Å². The minimum Gasteiger partial charge on any atom is -0.268 e. The van der Waals surface area contributed by atoms with Gasteiger partial charge in [0.2, 0.25) is 0 Å². The summed E-state index contributed by atoms with van der Waals surface area (Å²) in [7, 11) is -3.86. The molecule has 0 radical (unpaired) electrons. The van der Waals surface area contributed by atoms with E-state index in [1.807, 2.05) is 0 Å². The quantitative estimate of drug-likeness (QED) is 0.828. The summed E-state index contributed by atoms with van der Waals surface area (Å²) in [5, 5.41) is 8.72. The van der Waals surface area contributed by atoms with Crippen LogP contribution in [-0.2, 0) is 10.0 Å². The van der Waals surface area contributed by atoms with E-state index in [4.69, 9.17) is 5.26 Å². The van der Waals surface area contributed by atoms with Gasteiger partial charge in [0, 0.05) is 12.7 Å². The van der Waals surface area contributed by atoms with Gasteiger partial charge in [-0.15, -0.1) is 0 Å². The van der Waals surface area contributed by atoms with Gasteiger partial charge in [-0.2, -0.15) is 13.7 Å². The van der Waals surface area contributed by atoms with Crippen LogP contribution >= 0.6 is 0 Å². The summed E-state index contributed by atoms with van der Waals surface area (Å²) in [6.45, 7) is 3.38. The standard InChI is InChI=1S/C12H13N3O3S/c1-12(2,8-13)5-7-15-11(16)9-4-3-6-14-10(9)19(15,17)18/h3-4,6H,5,7H2,1-2H3. The highest BCUT2D eigenvalue weighted by atomic mass is 32.2. The number of nitriles is 1. The van der Waals surface area contributed by atoms with Gasteiger partial charge in [0.25, 0.3) is 15.9 Å². The Morgan fingerprint density at radius 1 is 1.47 bits per heavy atom. The molecular formula is C12H13N3O3S. The lowest BCUT2D eigenvalue weighted by molar-refractivity contribution is 0.0864. The van der Waals surface area contributed by atoms with E-state index in [-0.39, 0.29) is 23.6 Å². The van der Waals surface area contributed by atoms with Gasteiger partial charge in [-0.25, -0.2) is 9.29 Å². The predicted octanol–water partition coefficient (Wildman–Crippen LogP) is 1.17. The summed E-state index contributed by atoms with van der Waals surface area (Å²) in [5.41, 5.74) is -0.588. The maximum absolute atomic E-state index is 12.2. The number of fused-ring (bicyclic) bond motifs is 1. The molecule has 0 fully saturated rings. The Bertz CT molecular complexity index is 674. The van der Waals surface area contributed by atoms with Crippen molar-refractivity contribution in [1.82, 2.24) is 9.29 Å². The van der Waals surface area contributed by atoms with Crippen LogP contribution in [0.15, 0.2) is 23.4 Å². The fourth-order valence-electron chi connectivity index (χ4n) is 1.77. The van der Waals surface area contributed by atoms with Gasteiger partial charge in [0.1, 0.15) is 0 Å². The highest BCUT2D eigenvalue weighted by molar-refractivity contribution is 7.90. The van der Waals surface area contributed by atoms with Crippen molar-refractivity contribution in [3.63, 3.8) is 0 Å². The molecule has 0 saturated heterocycles. The molecule has 1 aromatic rings. The van der Waals surface area contributed by atoms with E-state index in [1.54, 1.807) is 13.8 Å². The number of sulfonamides is 1. The smallest absolute Gasteiger partial charge is 0.268 e. The Kier molecular flexibility index (Phi) is 3.06. The fourth-order valence-corrected chi connectivity index (χ4v) is 3.25. The first-order valence-corrected chi connectivity index (χ1v) is 7.17. The van der Waals surface area contributed by atoms with E-state index in [0.29, 0.717) is 0 Å². The second-order valence-electron chi connectivity index (χ2n) is 4.98. The van der Waals surface area contributed by atoms with Crippen LogP contribution in [-0.4, -0.2) is 30.2 Å². The monoisotopic (exact) mass is 279 g/mol. The molecular weight excluding hydrogens is 266 g/mol. The molecule has 6 nitrogen and oxygen atoms in total. The topological polar surface area (TPSA) is 91.1 Å². The second-order valence-corrected chi connectivity index (χ2v) is 6.76. The number of rotatable bonds is 3. The minimum absolute atomic E-state index is 0.0158. The Balaban J connectivity index is 2.32. The minimum atomic E-state index is -3.86. The van der Waals surface area contributed by atoms with Gasteiger partial charge in [0.15, 0.2) is 5.03 Å². The van der Waals surface area contributed by atoms with Crippen molar-refractivity contribution in [2.75, 3.05) is 6.54 Å². The van der Waals surface area contributed by atoms with Crippen LogP contribution in [0.4, 0.5) is 0 Å². The third-order valence-electron chi connectivity index (χ3n) is 3.01. The second kappa shape index (κ2) is 4.31. The van der Waals surface area contributed by atoms with Crippen molar-refractivity contribution in [1.29, 1.82) is 5.26 Å². The molecule has 2 heterocycles. The molecule has 0 bridgehead atoms. The van der Waals surface area contributed by atoms with Gasteiger partial charge in [-0.05, 0) is 32.4 Å². The van der Waals surface area contributed by atoms with Crippen LogP contribution in [0.3, 0.4) is 0 Å². The summed E-state index contributed by atoms with van der Waals surface area (Å²) >= 11 is 0. The maximum Gasteiger partial charge on any atom is 0.285 e. The van der Waals surface area contributed by atoms with Crippen molar-refractivity contribution in [3.8, 4) is 6.07 Å². The molecule has 1 aromatic heterocycles. The van der Waals surface area contributed by atoms with Crippen LogP contribution in [0.5, 0.6) is 0 Å². The van der Waals surface area contributed by atoms with E-state index >= 15 is 0 Å². The number of hydrogen-bond donors (Lipinski definition) is 0. The van der Waals surface area contributed by atoms with Gasteiger partial charge >= 0.3 is 0 Å². The zero-order valence-corrected chi connectivity index (χ0v) is 11.4. The molecule has 1 aliphatic rings. The lowest BCUT2D eigenvalue weighted by Gasteiger charge is -2.20. The predicted molar refractivity (Wildman–Crippen MR) is 66.5 cm³/mol. The third-order valence-corrected chi connectivity index (χ3v) is 4.75. The molecule has 0 saturated carbocycles. The Morgan fingerprint density at radius 3 is 2.74 bits per heavy atom. The highest BCUT2D eigenvalue weighted by Crippen LogP contribution is 2.30. The molecule has 0 aromatic carbocycles. The number of aromatic nitrogens is 1. The molecule has 100 valence electrons. The molecule has 1 aliphatic heterocycles. The summed E-state index contributed by atoms with van der Waals surface area (Å²) in [6, 6.07) is 5.05. The summed E-state index contributed by atoms with van der Waals surface area (Å²) in [4.78, 5) is 15.8. The van der Waals surface area contributed by atoms with Gasteiger partial charge in [-0.3, -0.25) is 4.79 Å². The molecule has 0 atom stereocenters. The van der Waals surface area contributed by atoms with Gasteiger partial charge in [-0.1, -0.05) is 0 Å². The number of pyridine rings is 1. The zero-order chi connectivity index (χ0) is 14.3. The molecule has 7 heteroatoms. The van der Waals surface area contributed by atoms with E-state index in [0.717, 1.165) is 4.31 Å². The lowest BCUT2D eigenvalue weighted by atomic mass is 9.91. The number of carbonyl (C=O) groups excluding carboxylic acids is 1. The van der Waals surface area contributed by atoms with Crippen LogP contribution in [0.1, 0.15) is 30.6 Å². The van der Waals surface area contributed by atoms with Crippen LogP contribution < -0.4 is 0 Å². The molecule has 0 spiro atoms. The number of nitrogens with zero attached hydrogens (tertiary/aromatic N) is 3. The molecule has 19 heavy (non-hydrogen) atoms. The van der Waals surface area contributed by atoms with Crippen molar-refractivity contribution in [2.24, 2.45) is 5.41 Å². The highest BCUT2D eigenvalue weighted by Gasteiger charge is 2.42. The average molecular weight is 279 g/mol. The molecule has 2 rings (SSSR count). The fraction of sp³-hybridized carbons (Fsp3) is 0.417. The van der Waals surface area contributed by atoms with Crippen molar-refractivity contribution in [3.05, 3.63) is 23.9 Å². The van der Waals surface area contributed by atoms with Crippen molar-refractivity contribution < 1.29 is 13.2 Å². The van der Waals surface area contributed by atoms with Crippen LogP contribution in [0.2, 0.25) is 0 Å². The van der Waals surface area contributed by atoms with Gasteiger partial charge < -0.3 is 0 Å². The molecule has 0 aliphatic carbocycles. The van der Waals surface area contributed by atoms with Crippen molar-refractivity contribution in [2.45, 2.75) is 25.3 Å². The molecule has 0 N–H and O–H groups in total. The first-order chi connectivity index (χ1) is 8.79. The van der Waals surface area contributed by atoms with Gasteiger partial charge in [0.05, 0.1) is 17.0 Å². The summed E-state index contributed by atoms with van der Waals surface area (Å²) < 4.78 is 25.1. The Labute approximate surface area is 111 Å². The first-order valence-electron chi connectivity index (χ1n) is 5.73. The average Bonchev–Trinajstić information content (AvgIpc) is 2.56. The number of amides is 1. The van der Waals surface area contributed by atoms with Crippen LogP contribution in [0, 0.1) is 16.7 Å². The molecule has 1 amide bonds. The Morgan fingerprint density at radius 2 is 2.16 bits per heavy atom. The maximum atomic E-state index is 12.2. The Hall–Kier alpha value is -1.94. The normalized spacial score (nSPS) is 17.1. The van der Waals surface area contributed by atoms with E-state index in [2.05, 4.69) is 11.1 Å². The lowest BCUT2D eigenvalue weighted by Crippen LogP contribution is -2.33.